The molecule has 0 aliphatic carbocycles. The highest BCUT2D eigenvalue weighted by atomic mass is 35.5. The van der Waals surface area contributed by atoms with Crippen LogP contribution in [0.2, 0.25) is 5.02 Å². The quantitative estimate of drug-likeness (QED) is 0.681. The van der Waals surface area contributed by atoms with Gasteiger partial charge in [-0.25, -0.2) is 4.98 Å². The molecule has 0 unspecified atom stereocenters. The third kappa shape index (κ3) is 4.17. The molecule has 4 nitrogen and oxygen atoms in total. The molecule has 1 aromatic carbocycles. The molecule has 0 bridgehead atoms. The molecule has 0 N–H and O–H groups in total. The van der Waals surface area contributed by atoms with E-state index in [1.54, 1.807) is 0 Å². The van der Waals surface area contributed by atoms with E-state index < -0.39 is 0 Å². The summed E-state index contributed by atoms with van der Waals surface area (Å²) in [5.74, 6) is 1.88. The Labute approximate surface area is 185 Å². The van der Waals surface area contributed by atoms with Gasteiger partial charge in [-0.1, -0.05) is 23.7 Å². The van der Waals surface area contributed by atoms with Gasteiger partial charge in [-0.05, 0) is 87.8 Å². The Hall–Kier alpha value is -1.78. The lowest BCUT2D eigenvalue weighted by atomic mass is 9.96. The van der Waals surface area contributed by atoms with Crippen molar-refractivity contribution in [3.63, 3.8) is 0 Å². The van der Waals surface area contributed by atoms with Gasteiger partial charge in [0.1, 0.15) is 5.82 Å². The molecule has 5 heteroatoms. The summed E-state index contributed by atoms with van der Waals surface area (Å²) in [5.41, 5.74) is 5.22. The van der Waals surface area contributed by atoms with Crippen molar-refractivity contribution in [3.8, 4) is 11.1 Å². The number of aromatic nitrogens is 1. The van der Waals surface area contributed by atoms with Gasteiger partial charge < -0.3 is 14.7 Å². The van der Waals surface area contributed by atoms with E-state index in [1.165, 1.54) is 68.6 Å². The Morgan fingerprint density at radius 2 is 1.80 bits per heavy atom. The number of nitrogens with zero attached hydrogens (tertiary/aromatic N) is 4. The summed E-state index contributed by atoms with van der Waals surface area (Å²) in [6.45, 7) is 7.00. The first-order valence-electron chi connectivity index (χ1n) is 11.6. The van der Waals surface area contributed by atoms with Crippen LogP contribution in [-0.2, 0) is 6.42 Å². The molecule has 3 aliphatic heterocycles. The predicted octanol–water partition coefficient (Wildman–Crippen LogP) is 5.10. The maximum Gasteiger partial charge on any atom is 0.129 e. The number of fused-ring (bicyclic) bond motifs is 1. The fourth-order valence-corrected chi connectivity index (χ4v) is 5.52. The Kier molecular flexibility index (Phi) is 5.88. The van der Waals surface area contributed by atoms with Crippen molar-refractivity contribution in [2.24, 2.45) is 5.92 Å². The lowest BCUT2D eigenvalue weighted by molar-refractivity contribution is 0.222. The van der Waals surface area contributed by atoms with Crippen LogP contribution in [0.15, 0.2) is 30.5 Å². The number of rotatable bonds is 4. The first-order valence-corrected chi connectivity index (χ1v) is 12.0. The summed E-state index contributed by atoms with van der Waals surface area (Å²) >= 11 is 6.63. The summed E-state index contributed by atoms with van der Waals surface area (Å²) < 4.78 is 0. The van der Waals surface area contributed by atoms with E-state index in [-0.39, 0.29) is 0 Å². The van der Waals surface area contributed by atoms with E-state index >= 15 is 0 Å². The van der Waals surface area contributed by atoms with Crippen molar-refractivity contribution in [1.29, 1.82) is 0 Å². The highest BCUT2D eigenvalue weighted by Gasteiger charge is 2.25. The lowest BCUT2D eigenvalue weighted by Crippen LogP contribution is -2.36. The summed E-state index contributed by atoms with van der Waals surface area (Å²) in [7, 11) is 2.24. The van der Waals surface area contributed by atoms with Gasteiger partial charge in [-0.15, -0.1) is 0 Å². The van der Waals surface area contributed by atoms with Crippen LogP contribution in [-0.4, -0.2) is 56.2 Å². The first kappa shape index (κ1) is 20.1. The molecule has 0 atom stereocenters. The van der Waals surface area contributed by atoms with Crippen molar-refractivity contribution >= 4 is 23.1 Å². The highest BCUT2D eigenvalue weighted by Crippen LogP contribution is 2.37. The molecule has 30 heavy (non-hydrogen) atoms. The lowest BCUT2D eigenvalue weighted by Gasteiger charge is -2.32. The Morgan fingerprint density at radius 3 is 2.60 bits per heavy atom. The van der Waals surface area contributed by atoms with Crippen LogP contribution in [0, 0.1) is 5.92 Å². The second-order valence-electron chi connectivity index (χ2n) is 9.36. The number of pyridine rings is 1. The zero-order chi connectivity index (χ0) is 20.5. The largest absolute Gasteiger partial charge is 0.371 e. The van der Waals surface area contributed by atoms with Crippen LogP contribution in [0.1, 0.15) is 37.7 Å². The molecule has 160 valence electrons. The van der Waals surface area contributed by atoms with Gasteiger partial charge >= 0.3 is 0 Å². The average molecular weight is 425 g/mol. The number of piperidine rings is 2. The normalized spacial score (nSPS) is 20.6. The van der Waals surface area contributed by atoms with Crippen molar-refractivity contribution in [3.05, 3.63) is 41.0 Å². The van der Waals surface area contributed by atoms with Crippen LogP contribution in [0.4, 0.5) is 11.5 Å². The fraction of sp³-hybridized carbons (Fsp3) is 0.560. The maximum atomic E-state index is 6.63. The van der Waals surface area contributed by atoms with Crippen LogP contribution in [0.5, 0.6) is 0 Å². The maximum absolute atomic E-state index is 6.63. The smallest absolute Gasteiger partial charge is 0.129 e. The Bertz CT molecular complexity index is 885. The molecule has 0 spiro atoms. The molecule has 2 saturated heterocycles. The van der Waals surface area contributed by atoms with E-state index in [9.17, 15) is 0 Å². The molecule has 3 aliphatic rings. The second kappa shape index (κ2) is 8.76. The van der Waals surface area contributed by atoms with Crippen molar-refractivity contribution in [2.45, 2.75) is 38.5 Å². The minimum absolute atomic E-state index is 0.746. The van der Waals surface area contributed by atoms with Gasteiger partial charge in [0.05, 0.1) is 5.02 Å². The van der Waals surface area contributed by atoms with E-state index in [4.69, 9.17) is 11.6 Å². The Morgan fingerprint density at radius 1 is 1.00 bits per heavy atom. The molecule has 0 amide bonds. The number of halogens is 1. The summed E-state index contributed by atoms with van der Waals surface area (Å²) in [6, 6.07) is 9.14. The third-order valence-corrected chi connectivity index (χ3v) is 7.53. The number of hydrogen-bond acceptors (Lipinski definition) is 4. The van der Waals surface area contributed by atoms with Crippen LogP contribution in [0.3, 0.4) is 0 Å². The summed E-state index contributed by atoms with van der Waals surface area (Å²) in [4.78, 5) is 12.1. The van der Waals surface area contributed by atoms with Gasteiger partial charge in [0.15, 0.2) is 0 Å². The highest BCUT2D eigenvalue weighted by molar-refractivity contribution is 6.33. The van der Waals surface area contributed by atoms with Gasteiger partial charge in [-0.3, -0.25) is 0 Å². The van der Waals surface area contributed by atoms with Crippen LogP contribution >= 0.6 is 11.6 Å². The molecule has 4 heterocycles. The van der Waals surface area contributed by atoms with Crippen LogP contribution < -0.4 is 9.80 Å². The average Bonchev–Trinajstić information content (AvgIpc) is 3.18. The van der Waals surface area contributed by atoms with Crippen molar-refractivity contribution in [2.75, 3.05) is 56.1 Å². The number of hydrogen-bond donors (Lipinski definition) is 0. The molecule has 0 radical (unpaired) electrons. The van der Waals surface area contributed by atoms with E-state index in [2.05, 4.69) is 51.0 Å². The number of likely N-dealkylation sites (tertiary alicyclic amines) is 1. The van der Waals surface area contributed by atoms with Crippen molar-refractivity contribution < 1.29 is 0 Å². The van der Waals surface area contributed by atoms with E-state index in [0.717, 1.165) is 48.4 Å². The van der Waals surface area contributed by atoms with Gasteiger partial charge in [0.2, 0.25) is 0 Å². The molecule has 1 aromatic heterocycles. The van der Waals surface area contributed by atoms with Gasteiger partial charge in [0.25, 0.3) is 0 Å². The SMILES string of the molecule is CN1CCC(CN2CCc3ccc(-c4cc(N5CCCCC5)ncc4Cl)cc32)CC1. The fourth-order valence-electron chi connectivity index (χ4n) is 5.30. The van der Waals surface area contributed by atoms with E-state index in [1.807, 2.05) is 6.20 Å². The Balaban J connectivity index is 1.39. The van der Waals surface area contributed by atoms with E-state index in [0.29, 0.717) is 0 Å². The zero-order valence-electron chi connectivity index (χ0n) is 18.1. The number of benzene rings is 1. The minimum Gasteiger partial charge on any atom is -0.371 e. The molecule has 5 rings (SSSR count). The number of anilines is 2. The topological polar surface area (TPSA) is 22.6 Å². The standard InChI is InChI=1S/C25H33ClN4/c1-28-12-7-19(8-13-28)18-30-14-9-20-5-6-21(15-24(20)30)22-16-25(27-17-23(22)26)29-10-3-2-4-11-29/h5-6,15-17,19H,2-4,7-14,18H2,1H3. The molecule has 2 fully saturated rings. The summed E-state index contributed by atoms with van der Waals surface area (Å²) in [5, 5.41) is 0.746. The minimum atomic E-state index is 0.746. The predicted molar refractivity (Wildman–Crippen MR) is 127 cm³/mol. The third-order valence-electron chi connectivity index (χ3n) is 7.23. The monoisotopic (exact) mass is 424 g/mol. The molecular weight excluding hydrogens is 392 g/mol. The molecule has 2 aromatic rings. The molecule has 0 saturated carbocycles. The molecular formula is C25H33ClN4. The van der Waals surface area contributed by atoms with Crippen LogP contribution in [0.25, 0.3) is 11.1 Å². The summed E-state index contributed by atoms with van der Waals surface area (Å²) in [6.07, 6.45) is 9.47. The van der Waals surface area contributed by atoms with Gasteiger partial charge in [0, 0.05) is 43.6 Å². The van der Waals surface area contributed by atoms with Crippen molar-refractivity contribution in [1.82, 2.24) is 9.88 Å². The van der Waals surface area contributed by atoms with Gasteiger partial charge in [-0.2, -0.15) is 0 Å². The zero-order valence-corrected chi connectivity index (χ0v) is 18.9. The first-order chi connectivity index (χ1) is 14.7. The second-order valence-corrected chi connectivity index (χ2v) is 9.76.